The molecule has 0 spiro atoms. The molecule has 2 fully saturated rings. The van der Waals surface area contributed by atoms with Crippen molar-refractivity contribution < 1.29 is 19.4 Å². The molecule has 2 rings (SSSR count). The first kappa shape index (κ1) is 15.1. The molecule has 0 bridgehead atoms. The SMILES string of the molecule is CC1OCCC1(C)NC(=O)N1CCCCCC1C(=O)O. The number of carbonyl (C=O) groups is 2. The molecule has 3 unspecified atom stereocenters. The van der Waals surface area contributed by atoms with E-state index in [-0.39, 0.29) is 12.1 Å². The quantitative estimate of drug-likeness (QED) is 0.807. The Bertz CT molecular complexity index is 387. The maximum Gasteiger partial charge on any atom is 0.326 e. The first-order valence-corrected chi connectivity index (χ1v) is 7.37. The second-order valence-corrected chi connectivity index (χ2v) is 6.01. The van der Waals surface area contributed by atoms with Crippen LogP contribution in [0.15, 0.2) is 0 Å². The molecule has 3 atom stereocenters. The van der Waals surface area contributed by atoms with Gasteiger partial charge in [-0.25, -0.2) is 9.59 Å². The van der Waals surface area contributed by atoms with Crippen LogP contribution in [0.2, 0.25) is 0 Å². The smallest absolute Gasteiger partial charge is 0.326 e. The van der Waals surface area contributed by atoms with Crippen LogP contribution in [-0.4, -0.2) is 52.8 Å². The van der Waals surface area contributed by atoms with E-state index in [9.17, 15) is 14.7 Å². The van der Waals surface area contributed by atoms with Gasteiger partial charge in [0.15, 0.2) is 0 Å². The molecule has 0 saturated carbocycles. The number of likely N-dealkylation sites (tertiary alicyclic amines) is 1. The zero-order chi connectivity index (χ0) is 14.8. The summed E-state index contributed by atoms with van der Waals surface area (Å²) >= 11 is 0. The minimum atomic E-state index is -0.914. The fourth-order valence-corrected chi connectivity index (χ4v) is 2.92. The van der Waals surface area contributed by atoms with Crippen LogP contribution in [0.3, 0.4) is 0 Å². The van der Waals surface area contributed by atoms with Gasteiger partial charge in [-0.15, -0.1) is 0 Å². The topological polar surface area (TPSA) is 78.9 Å². The fraction of sp³-hybridized carbons (Fsp3) is 0.857. The Morgan fingerprint density at radius 3 is 2.70 bits per heavy atom. The number of carboxylic acids is 1. The monoisotopic (exact) mass is 284 g/mol. The Labute approximate surface area is 119 Å². The van der Waals surface area contributed by atoms with Crippen molar-refractivity contribution in [3.8, 4) is 0 Å². The van der Waals surface area contributed by atoms with Crippen molar-refractivity contribution in [1.82, 2.24) is 10.2 Å². The van der Waals surface area contributed by atoms with E-state index in [0.29, 0.717) is 19.6 Å². The second-order valence-electron chi connectivity index (χ2n) is 6.01. The number of amides is 2. The molecule has 0 aliphatic carbocycles. The molecule has 2 aliphatic heterocycles. The number of ether oxygens (including phenoxy) is 1. The molecule has 0 aromatic carbocycles. The van der Waals surface area contributed by atoms with Crippen LogP contribution in [0.5, 0.6) is 0 Å². The molecule has 6 nitrogen and oxygen atoms in total. The summed E-state index contributed by atoms with van der Waals surface area (Å²) in [6.07, 6.45) is 3.93. The van der Waals surface area contributed by atoms with E-state index in [1.807, 2.05) is 13.8 Å². The van der Waals surface area contributed by atoms with Crippen LogP contribution in [0.4, 0.5) is 4.79 Å². The number of carbonyl (C=O) groups excluding carboxylic acids is 1. The van der Waals surface area contributed by atoms with Crippen LogP contribution in [0.1, 0.15) is 46.0 Å². The molecule has 20 heavy (non-hydrogen) atoms. The van der Waals surface area contributed by atoms with Crippen molar-refractivity contribution in [2.24, 2.45) is 0 Å². The first-order valence-electron chi connectivity index (χ1n) is 7.37. The fourth-order valence-electron chi connectivity index (χ4n) is 2.92. The number of nitrogens with one attached hydrogen (secondary N) is 1. The zero-order valence-corrected chi connectivity index (χ0v) is 12.2. The van der Waals surface area contributed by atoms with Gasteiger partial charge in [-0.1, -0.05) is 12.8 Å². The molecule has 0 aromatic heterocycles. The van der Waals surface area contributed by atoms with Crippen LogP contribution in [0.25, 0.3) is 0 Å². The maximum atomic E-state index is 12.5. The third-order valence-corrected chi connectivity index (χ3v) is 4.58. The lowest BCUT2D eigenvalue weighted by molar-refractivity contribution is -0.142. The second kappa shape index (κ2) is 5.99. The summed E-state index contributed by atoms with van der Waals surface area (Å²) in [5.41, 5.74) is -0.410. The molecule has 114 valence electrons. The number of aliphatic carboxylic acids is 1. The Kier molecular flexibility index (Phi) is 4.52. The van der Waals surface area contributed by atoms with Crippen LogP contribution >= 0.6 is 0 Å². The Hall–Kier alpha value is -1.30. The summed E-state index contributed by atoms with van der Waals surface area (Å²) in [5.74, 6) is -0.914. The molecule has 2 N–H and O–H groups in total. The summed E-state index contributed by atoms with van der Waals surface area (Å²) in [6, 6.07) is -0.988. The van der Waals surface area contributed by atoms with Gasteiger partial charge < -0.3 is 20.1 Å². The highest BCUT2D eigenvalue weighted by molar-refractivity contribution is 5.83. The Balaban J connectivity index is 2.07. The van der Waals surface area contributed by atoms with E-state index in [2.05, 4.69) is 5.32 Å². The molecule has 2 heterocycles. The van der Waals surface area contributed by atoms with E-state index in [1.165, 1.54) is 4.90 Å². The average Bonchev–Trinajstić information content (AvgIpc) is 2.61. The third kappa shape index (κ3) is 3.06. The zero-order valence-electron chi connectivity index (χ0n) is 12.2. The van der Waals surface area contributed by atoms with Gasteiger partial charge in [0, 0.05) is 13.2 Å². The number of carboxylic acid groups (broad SMARTS) is 1. The third-order valence-electron chi connectivity index (χ3n) is 4.58. The number of hydrogen-bond donors (Lipinski definition) is 2. The highest BCUT2D eigenvalue weighted by Gasteiger charge is 2.41. The maximum absolute atomic E-state index is 12.5. The lowest BCUT2D eigenvalue weighted by Gasteiger charge is -2.34. The summed E-state index contributed by atoms with van der Waals surface area (Å²) in [5, 5.41) is 12.3. The molecule has 6 heteroatoms. The predicted molar refractivity (Wildman–Crippen MR) is 73.6 cm³/mol. The van der Waals surface area contributed by atoms with Crippen molar-refractivity contribution in [2.75, 3.05) is 13.2 Å². The number of nitrogens with zero attached hydrogens (tertiary/aromatic N) is 1. The minimum absolute atomic E-state index is 0.0540. The van der Waals surface area contributed by atoms with Crippen molar-refractivity contribution in [1.29, 1.82) is 0 Å². The lowest BCUT2D eigenvalue weighted by Crippen LogP contribution is -2.58. The summed E-state index contributed by atoms with van der Waals surface area (Å²) in [4.78, 5) is 25.3. The highest BCUT2D eigenvalue weighted by Crippen LogP contribution is 2.26. The van der Waals surface area contributed by atoms with Gasteiger partial charge in [-0.2, -0.15) is 0 Å². The standard InChI is InChI=1S/C14H24N2O4/c1-10-14(2,7-9-20-10)15-13(19)16-8-5-3-4-6-11(16)12(17)18/h10-11H,3-9H2,1-2H3,(H,15,19)(H,17,18). The summed E-state index contributed by atoms with van der Waals surface area (Å²) in [6.45, 7) is 5.02. The normalized spacial score (nSPS) is 34.6. The Morgan fingerprint density at radius 1 is 1.35 bits per heavy atom. The van der Waals surface area contributed by atoms with E-state index in [0.717, 1.165) is 25.7 Å². The number of hydrogen-bond acceptors (Lipinski definition) is 3. The van der Waals surface area contributed by atoms with Crippen molar-refractivity contribution in [3.05, 3.63) is 0 Å². The van der Waals surface area contributed by atoms with E-state index in [1.54, 1.807) is 0 Å². The average molecular weight is 284 g/mol. The Morgan fingerprint density at radius 2 is 2.10 bits per heavy atom. The molecule has 2 amide bonds. The number of rotatable bonds is 2. The molecule has 0 aromatic rings. The van der Waals surface area contributed by atoms with Crippen molar-refractivity contribution in [3.63, 3.8) is 0 Å². The van der Waals surface area contributed by atoms with Crippen LogP contribution < -0.4 is 5.32 Å². The minimum Gasteiger partial charge on any atom is -0.480 e. The predicted octanol–water partition coefficient (Wildman–Crippen LogP) is 1.59. The van der Waals surface area contributed by atoms with Gasteiger partial charge in [0.1, 0.15) is 6.04 Å². The highest BCUT2D eigenvalue weighted by atomic mass is 16.5. The van der Waals surface area contributed by atoms with Crippen molar-refractivity contribution >= 4 is 12.0 Å². The van der Waals surface area contributed by atoms with Gasteiger partial charge in [0.05, 0.1) is 11.6 Å². The molecular weight excluding hydrogens is 260 g/mol. The van der Waals surface area contributed by atoms with Gasteiger partial charge in [-0.3, -0.25) is 0 Å². The van der Waals surface area contributed by atoms with Crippen LogP contribution in [-0.2, 0) is 9.53 Å². The largest absolute Gasteiger partial charge is 0.480 e. The van der Waals surface area contributed by atoms with Gasteiger partial charge >= 0.3 is 12.0 Å². The van der Waals surface area contributed by atoms with Crippen LogP contribution in [0, 0.1) is 0 Å². The lowest BCUT2D eigenvalue weighted by atomic mass is 9.95. The molecule has 0 radical (unpaired) electrons. The van der Waals surface area contributed by atoms with E-state index >= 15 is 0 Å². The first-order chi connectivity index (χ1) is 9.44. The van der Waals surface area contributed by atoms with Gasteiger partial charge in [0.25, 0.3) is 0 Å². The molecular formula is C14H24N2O4. The summed E-state index contributed by atoms with van der Waals surface area (Å²) < 4.78 is 5.51. The molecule has 2 saturated heterocycles. The van der Waals surface area contributed by atoms with E-state index in [4.69, 9.17) is 4.74 Å². The van der Waals surface area contributed by atoms with Gasteiger partial charge in [-0.05, 0) is 33.1 Å². The van der Waals surface area contributed by atoms with Crippen molar-refractivity contribution in [2.45, 2.75) is 63.6 Å². The van der Waals surface area contributed by atoms with E-state index < -0.39 is 17.6 Å². The van der Waals surface area contributed by atoms with Gasteiger partial charge in [0.2, 0.25) is 0 Å². The molecule has 2 aliphatic rings. The summed E-state index contributed by atoms with van der Waals surface area (Å²) in [7, 11) is 0. The number of urea groups is 1.